The Morgan fingerprint density at radius 2 is 2.06 bits per heavy atom. The molecule has 0 aliphatic rings. The van der Waals surface area contributed by atoms with Crippen LogP contribution in [0.2, 0.25) is 0 Å². The van der Waals surface area contributed by atoms with Crippen LogP contribution < -0.4 is 5.73 Å². The first-order valence-corrected chi connectivity index (χ1v) is 7.75. The Balaban J connectivity index is 2.62. The highest BCUT2D eigenvalue weighted by Crippen LogP contribution is 2.16. The molecule has 0 saturated heterocycles. The third kappa shape index (κ3) is 4.10. The van der Waals surface area contributed by atoms with Gasteiger partial charge >= 0.3 is 0 Å². The van der Waals surface area contributed by atoms with Gasteiger partial charge in [0.15, 0.2) is 9.84 Å². The molecule has 5 nitrogen and oxygen atoms in total. The monoisotopic (exact) mass is 273 g/mol. The first kappa shape index (κ1) is 15.2. The maximum absolute atomic E-state index is 12.0. The second-order valence-electron chi connectivity index (χ2n) is 5.72. The Morgan fingerprint density at radius 1 is 1.44 bits per heavy atom. The van der Waals surface area contributed by atoms with Gasteiger partial charge < -0.3 is 10.3 Å². The van der Waals surface area contributed by atoms with Crippen molar-refractivity contribution in [3.63, 3.8) is 0 Å². The summed E-state index contributed by atoms with van der Waals surface area (Å²) in [6, 6.07) is 0.0617. The van der Waals surface area contributed by atoms with E-state index in [0.717, 1.165) is 5.69 Å². The van der Waals surface area contributed by atoms with Crippen LogP contribution in [-0.4, -0.2) is 34.5 Å². The summed E-state index contributed by atoms with van der Waals surface area (Å²) in [7, 11) is -3.08. The molecule has 1 rings (SSSR count). The maximum atomic E-state index is 12.0. The van der Waals surface area contributed by atoms with Crippen molar-refractivity contribution in [3.05, 3.63) is 18.2 Å². The molecule has 0 radical (unpaired) electrons. The van der Waals surface area contributed by atoms with Crippen LogP contribution in [0.1, 0.15) is 33.4 Å². The van der Waals surface area contributed by atoms with Crippen LogP contribution in [0.3, 0.4) is 0 Å². The highest BCUT2D eigenvalue weighted by molar-refractivity contribution is 7.92. The van der Waals surface area contributed by atoms with E-state index in [-0.39, 0.29) is 11.8 Å². The highest BCUT2D eigenvalue weighted by atomic mass is 32.2. The molecule has 0 spiro atoms. The maximum Gasteiger partial charge on any atom is 0.156 e. The smallest absolute Gasteiger partial charge is 0.156 e. The van der Waals surface area contributed by atoms with Gasteiger partial charge in [0, 0.05) is 25.2 Å². The molecular formula is C12H23N3O2S. The standard InChI is InChI=1S/C12H23N3O2S/c1-10(13)7-11-8-15(9-14-11)5-6-18(16,17)12(2,3)4/h8-10H,5-7,13H2,1-4H3. The minimum absolute atomic E-state index is 0.0617. The van der Waals surface area contributed by atoms with Gasteiger partial charge in [-0.1, -0.05) is 0 Å². The molecule has 0 amide bonds. The second-order valence-corrected chi connectivity index (χ2v) is 8.58. The van der Waals surface area contributed by atoms with Gasteiger partial charge in [0.05, 0.1) is 22.5 Å². The van der Waals surface area contributed by atoms with E-state index in [2.05, 4.69) is 4.98 Å². The van der Waals surface area contributed by atoms with Gasteiger partial charge in [-0.3, -0.25) is 0 Å². The number of rotatable bonds is 5. The number of hydrogen-bond acceptors (Lipinski definition) is 4. The normalized spacial score (nSPS) is 14.7. The Labute approximate surface area is 109 Å². The topological polar surface area (TPSA) is 78.0 Å². The number of nitrogens with two attached hydrogens (primary N) is 1. The van der Waals surface area contributed by atoms with Crippen molar-refractivity contribution in [2.24, 2.45) is 5.73 Å². The molecule has 0 aliphatic carbocycles. The molecule has 2 N–H and O–H groups in total. The molecule has 104 valence electrons. The fraction of sp³-hybridized carbons (Fsp3) is 0.750. The van der Waals surface area contributed by atoms with Crippen molar-refractivity contribution in [2.75, 3.05) is 5.75 Å². The van der Waals surface area contributed by atoms with Gasteiger partial charge in [0.1, 0.15) is 0 Å². The molecule has 1 aromatic heterocycles. The fourth-order valence-corrected chi connectivity index (χ4v) is 2.56. The Morgan fingerprint density at radius 3 is 2.56 bits per heavy atom. The van der Waals surface area contributed by atoms with Crippen LogP contribution in [-0.2, 0) is 22.8 Å². The van der Waals surface area contributed by atoms with Crippen molar-refractivity contribution in [3.8, 4) is 0 Å². The molecule has 6 heteroatoms. The van der Waals surface area contributed by atoms with Gasteiger partial charge in [-0.15, -0.1) is 0 Å². The number of aryl methyl sites for hydroxylation is 1. The first-order chi connectivity index (χ1) is 8.12. The third-order valence-corrected chi connectivity index (χ3v) is 5.36. The minimum atomic E-state index is -3.08. The largest absolute Gasteiger partial charge is 0.336 e. The van der Waals surface area contributed by atoms with Crippen LogP contribution in [0.5, 0.6) is 0 Å². The van der Waals surface area contributed by atoms with Crippen molar-refractivity contribution >= 4 is 9.84 Å². The molecule has 0 fully saturated rings. The molecule has 18 heavy (non-hydrogen) atoms. The van der Waals surface area contributed by atoms with E-state index in [1.807, 2.05) is 13.1 Å². The summed E-state index contributed by atoms with van der Waals surface area (Å²) in [5.41, 5.74) is 6.59. The lowest BCUT2D eigenvalue weighted by molar-refractivity contribution is 0.553. The quantitative estimate of drug-likeness (QED) is 0.867. The molecule has 0 aliphatic heterocycles. The molecule has 0 saturated carbocycles. The molecule has 1 atom stereocenters. The van der Waals surface area contributed by atoms with Crippen LogP contribution >= 0.6 is 0 Å². The van der Waals surface area contributed by atoms with Crippen LogP contribution in [0.4, 0.5) is 0 Å². The first-order valence-electron chi connectivity index (χ1n) is 6.10. The zero-order valence-electron chi connectivity index (χ0n) is 11.5. The molecule has 0 aromatic carbocycles. The molecule has 1 unspecified atom stereocenters. The summed E-state index contributed by atoms with van der Waals surface area (Å²) >= 11 is 0. The lowest BCUT2D eigenvalue weighted by atomic mass is 10.2. The van der Waals surface area contributed by atoms with Gasteiger partial charge in [-0.25, -0.2) is 13.4 Å². The summed E-state index contributed by atoms with van der Waals surface area (Å²) in [4.78, 5) is 4.21. The average molecular weight is 273 g/mol. The van der Waals surface area contributed by atoms with Gasteiger partial charge in [0.25, 0.3) is 0 Å². The van der Waals surface area contributed by atoms with Crippen molar-refractivity contribution in [2.45, 2.75) is 51.4 Å². The second kappa shape index (κ2) is 5.40. The number of aromatic nitrogens is 2. The van der Waals surface area contributed by atoms with E-state index in [0.29, 0.717) is 13.0 Å². The number of sulfone groups is 1. The third-order valence-electron chi connectivity index (χ3n) is 2.77. The van der Waals surface area contributed by atoms with Gasteiger partial charge in [0.2, 0.25) is 0 Å². The lowest BCUT2D eigenvalue weighted by Gasteiger charge is -2.19. The van der Waals surface area contributed by atoms with Crippen molar-refractivity contribution in [1.82, 2.24) is 9.55 Å². The van der Waals surface area contributed by atoms with Gasteiger partial charge in [-0.2, -0.15) is 0 Å². The average Bonchev–Trinajstić information content (AvgIpc) is 2.60. The zero-order chi connectivity index (χ0) is 14.0. The van der Waals surface area contributed by atoms with E-state index in [4.69, 9.17) is 5.73 Å². The Kier molecular flexibility index (Phi) is 4.55. The molecule has 1 heterocycles. The van der Waals surface area contributed by atoms with Crippen LogP contribution in [0, 0.1) is 0 Å². The number of nitrogens with zero attached hydrogens (tertiary/aromatic N) is 2. The predicted molar refractivity (Wildman–Crippen MR) is 73.1 cm³/mol. The summed E-state index contributed by atoms with van der Waals surface area (Å²) in [6.07, 6.45) is 4.23. The summed E-state index contributed by atoms with van der Waals surface area (Å²) in [5.74, 6) is 0.129. The van der Waals surface area contributed by atoms with Crippen molar-refractivity contribution < 1.29 is 8.42 Å². The van der Waals surface area contributed by atoms with E-state index < -0.39 is 14.6 Å². The fourth-order valence-electron chi connectivity index (χ4n) is 1.50. The lowest BCUT2D eigenvalue weighted by Crippen LogP contribution is -2.31. The summed E-state index contributed by atoms with van der Waals surface area (Å²) in [5, 5.41) is 0. The molecule has 1 aromatic rings. The zero-order valence-corrected chi connectivity index (χ0v) is 12.4. The highest BCUT2D eigenvalue weighted by Gasteiger charge is 2.28. The van der Waals surface area contributed by atoms with E-state index in [1.165, 1.54) is 0 Å². The van der Waals surface area contributed by atoms with Crippen molar-refractivity contribution in [1.29, 1.82) is 0 Å². The minimum Gasteiger partial charge on any atom is -0.336 e. The summed E-state index contributed by atoms with van der Waals surface area (Å²) in [6.45, 7) is 7.52. The molecular weight excluding hydrogens is 250 g/mol. The van der Waals surface area contributed by atoms with E-state index >= 15 is 0 Å². The van der Waals surface area contributed by atoms with Gasteiger partial charge in [-0.05, 0) is 27.7 Å². The van der Waals surface area contributed by atoms with E-state index in [9.17, 15) is 8.42 Å². The van der Waals surface area contributed by atoms with E-state index in [1.54, 1.807) is 31.7 Å². The molecule has 0 bridgehead atoms. The SMILES string of the molecule is CC(N)Cc1cn(CCS(=O)(=O)C(C)(C)C)cn1. The number of hydrogen-bond donors (Lipinski definition) is 1. The van der Waals surface area contributed by atoms with Crippen LogP contribution in [0.25, 0.3) is 0 Å². The van der Waals surface area contributed by atoms with Crippen LogP contribution in [0.15, 0.2) is 12.5 Å². The summed E-state index contributed by atoms with van der Waals surface area (Å²) < 4.78 is 25.0. The Bertz CT molecular complexity index is 484. The predicted octanol–water partition coefficient (Wildman–Crippen LogP) is 0.986. The number of imidazole rings is 1. The Hall–Kier alpha value is -0.880.